The summed E-state index contributed by atoms with van der Waals surface area (Å²) in [5.41, 5.74) is -0.197. The van der Waals surface area contributed by atoms with E-state index in [1.54, 1.807) is 12.3 Å². The Labute approximate surface area is 152 Å². The molecule has 3 fully saturated rings. The zero-order valence-electron chi connectivity index (χ0n) is 14.9. The van der Waals surface area contributed by atoms with Crippen LogP contribution in [0.2, 0.25) is 0 Å². The van der Waals surface area contributed by atoms with E-state index in [2.05, 4.69) is 19.9 Å². The summed E-state index contributed by atoms with van der Waals surface area (Å²) in [6, 6.07) is 3.62. The van der Waals surface area contributed by atoms with Crippen LogP contribution in [0, 0.1) is 11.3 Å². The second-order valence-electron chi connectivity index (χ2n) is 8.03. The summed E-state index contributed by atoms with van der Waals surface area (Å²) in [5.74, 6) is 2.79. The van der Waals surface area contributed by atoms with Gasteiger partial charge in [0.2, 0.25) is 17.6 Å². The lowest BCUT2D eigenvalue weighted by molar-refractivity contribution is -0.146. The first-order valence-corrected chi connectivity index (χ1v) is 9.60. The number of hydrogen-bond acceptors (Lipinski definition) is 6. The molecule has 7 nitrogen and oxygen atoms in total. The van der Waals surface area contributed by atoms with Gasteiger partial charge >= 0.3 is 0 Å². The minimum atomic E-state index is -0.197. The lowest BCUT2D eigenvalue weighted by Gasteiger charge is -2.39. The van der Waals surface area contributed by atoms with E-state index in [1.807, 2.05) is 6.07 Å². The van der Waals surface area contributed by atoms with Crippen LogP contribution in [-0.4, -0.2) is 52.0 Å². The van der Waals surface area contributed by atoms with Gasteiger partial charge in [-0.15, -0.1) is 0 Å². The topological polar surface area (TPSA) is 75.6 Å². The monoisotopic (exact) mass is 356 g/mol. The second kappa shape index (κ2) is 6.23. The van der Waals surface area contributed by atoms with Crippen molar-refractivity contribution in [3.05, 3.63) is 24.3 Å². The Morgan fingerprint density at radius 2 is 2.19 bits per heavy atom. The average molecular weight is 356 g/mol. The number of hydrogen-bond donors (Lipinski definition) is 0. The molecule has 2 saturated heterocycles. The first-order chi connectivity index (χ1) is 12.7. The summed E-state index contributed by atoms with van der Waals surface area (Å²) in [6.45, 7) is 4.20. The summed E-state index contributed by atoms with van der Waals surface area (Å²) < 4.78 is 10.7. The molecular formula is C19H24N4O3. The summed E-state index contributed by atoms with van der Waals surface area (Å²) in [7, 11) is 0. The van der Waals surface area contributed by atoms with Crippen LogP contribution in [0.4, 0.5) is 0 Å². The summed E-state index contributed by atoms with van der Waals surface area (Å²) in [4.78, 5) is 21.9. The molecule has 0 radical (unpaired) electrons. The molecule has 7 heteroatoms. The highest BCUT2D eigenvalue weighted by atomic mass is 16.5. The number of carbonyl (C=O) groups excluding carboxylic acids is 1. The van der Waals surface area contributed by atoms with E-state index in [4.69, 9.17) is 8.94 Å². The zero-order valence-corrected chi connectivity index (χ0v) is 14.9. The van der Waals surface area contributed by atoms with E-state index in [0.29, 0.717) is 29.9 Å². The number of nitrogens with zero attached hydrogens (tertiary/aromatic N) is 4. The van der Waals surface area contributed by atoms with Crippen LogP contribution in [0.3, 0.4) is 0 Å². The fourth-order valence-electron chi connectivity index (χ4n) is 4.43. The maximum atomic E-state index is 13.1. The Kier molecular flexibility index (Phi) is 3.85. The molecule has 4 heterocycles. The molecule has 3 aliphatic rings. The molecule has 1 atom stereocenters. The van der Waals surface area contributed by atoms with Crippen LogP contribution in [0.25, 0.3) is 11.6 Å². The number of piperidine rings is 1. The van der Waals surface area contributed by atoms with Crippen LogP contribution in [0.15, 0.2) is 27.3 Å². The first kappa shape index (κ1) is 16.1. The maximum Gasteiger partial charge on any atom is 0.241 e. The van der Waals surface area contributed by atoms with Crippen molar-refractivity contribution < 1.29 is 13.7 Å². The number of furan rings is 1. The average Bonchev–Trinajstić information content (AvgIpc) is 3.07. The highest BCUT2D eigenvalue weighted by Gasteiger charge is 2.49. The van der Waals surface area contributed by atoms with Crippen molar-refractivity contribution in [2.75, 3.05) is 26.2 Å². The van der Waals surface area contributed by atoms with Crippen molar-refractivity contribution >= 4 is 5.91 Å². The molecule has 1 amide bonds. The summed E-state index contributed by atoms with van der Waals surface area (Å²) in [5, 5.41) is 3.99. The maximum absolute atomic E-state index is 13.1. The molecule has 1 aliphatic carbocycles. The molecule has 0 bridgehead atoms. The van der Waals surface area contributed by atoms with Gasteiger partial charge in [-0.05, 0) is 56.7 Å². The normalized spacial score (nSPS) is 26.9. The summed E-state index contributed by atoms with van der Waals surface area (Å²) >= 11 is 0. The van der Waals surface area contributed by atoms with Gasteiger partial charge in [-0.1, -0.05) is 5.16 Å². The predicted octanol–water partition coefficient (Wildman–Crippen LogP) is 2.55. The van der Waals surface area contributed by atoms with Gasteiger partial charge in [-0.2, -0.15) is 4.98 Å². The molecule has 2 aromatic rings. The van der Waals surface area contributed by atoms with Gasteiger partial charge in [0.05, 0.1) is 18.2 Å². The van der Waals surface area contributed by atoms with E-state index in [1.165, 1.54) is 12.8 Å². The Morgan fingerprint density at radius 1 is 1.27 bits per heavy atom. The zero-order chi connectivity index (χ0) is 17.6. The second-order valence-corrected chi connectivity index (χ2v) is 8.03. The highest BCUT2D eigenvalue weighted by molar-refractivity contribution is 5.84. The van der Waals surface area contributed by atoms with Crippen LogP contribution in [0.5, 0.6) is 0 Å². The predicted molar refractivity (Wildman–Crippen MR) is 92.9 cm³/mol. The number of carbonyl (C=O) groups is 1. The minimum absolute atomic E-state index is 0.197. The number of aromatic nitrogens is 2. The van der Waals surface area contributed by atoms with Gasteiger partial charge in [0.15, 0.2) is 5.76 Å². The molecule has 2 aromatic heterocycles. The largest absolute Gasteiger partial charge is 0.461 e. The van der Waals surface area contributed by atoms with Crippen LogP contribution >= 0.6 is 0 Å². The van der Waals surface area contributed by atoms with Crippen molar-refractivity contribution in [2.45, 2.75) is 38.6 Å². The number of amides is 1. The molecule has 0 N–H and O–H groups in total. The van der Waals surface area contributed by atoms with Crippen LogP contribution < -0.4 is 0 Å². The van der Waals surface area contributed by atoms with E-state index >= 15 is 0 Å². The smallest absolute Gasteiger partial charge is 0.241 e. The minimum Gasteiger partial charge on any atom is -0.461 e. The Bertz CT molecular complexity index is 783. The lowest BCUT2D eigenvalue weighted by Crippen LogP contribution is -2.50. The van der Waals surface area contributed by atoms with E-state index in [0.717, 1.165) is 51.4 Å². The lowest BCUT2D eigenvalue weighted by atomic mass is 9.78. The molecule has 1 spiro atoms. The molecule has 0 aromatic carbocycles. The first-order valence-electron chi connectivity index (χ1n) is 9.60. The highest BCUT2D eigenvalue weighted by Crippen LogP contribution is 2.42. The molecule has 26 heavy (non-hydrogen) atoms. The molecular weight excluding hydrogens is 332 g/mol. The molecule has 138 valence electrons. The van der Waals surface area contributed by atoms with Crippen molar-refractivity contribution in [1.82, 2.24) is 19.9 Å². The van der Waals surface area contributed by atoms with Gasteiger partial charge in [-0.25, -0.2) is 0 Å². The number of rotatable bonds is 5. The van der Waals surface area contributed by atoms with Gasteiger partial charge in [-0.3, -0.25) is 9.69 Å². The molecule has 1 saturated carbocycles. The third-order valence-electron chi connectivity index (χ3n) is 6.00. The van der Waals surface area contributed by atoms with Gasteiger partial charge in [0, 0.05) is 19.6 Å². The van der Waals surface area contributed by atoms with Crippen molar-refractivity contribution in [1.29, 1.82) is 0 Å². The van der Waals surface area contributed by atoms with Crippen molar-refractivity contribution in [3.8, 4) is 11.6 Å². The van der Waals surface area contributed by atoms with Crippen molar-refractivity contribution in [2.24, 2.45) is 11.3 Å². The molecule has 0 unspecified atom stereocenters. The Morgan fingerprint density at radius 3 is 3.00 bits per heavy atom. The third-order valence-corrected chi connectivity index (χ3v) is 6.00. The summed E-state index contributed by atoms with van der Waals surface area (Å²) in [6.07, 6.45) is 7.24. The SMILES string of the molecule is O=C1N(CC2CC2)CCC[C@@]12CCN(Cc1nc(-c3ccco3)no1)C2. The Hall–Kier alpha value is -2.15. The molecule has 2 aliphatic heterocycles. The number of likely N-dealkylation sites (tertiary alicyclic amines) is 2. The van der Waals surface area contributed by atoms with Crippen LogP contribution in [0.1, 0.15) is 38.0 Å². The van der Waals surface area contributed by atoms with Crippen molar-refractivity contribution in [3.63, 3.8) is 0 Å². The molecule has 5 rings (SSSR count). The van der Waals surface area contributed by atoms with Gasteiger partial charge in [0.25, 0.3) is 0 Å². The Balaban J connectivity index is 1.24. The fourth-order valence-corrected chi connectivity index (χ4v) is 4.43. The van der Waals surface area contributed by atoms with Crippen LogP contribution in [-0.2, 0) is 11.3 Å². The van der Waals surface area contributed by atoms with E-state index < -0.39 is 0 Å². The fraction of sp³-hybridized carbons (Fsp3) is 0.632. The van der Waals surface area contributed by atoms with Gasteiger partial charge in [0.1, 0.15) is 0 Å². The van der Waals surface area contributed by atoms with Gasteiger partial charge < -0.3 is 13.8 Å². The third kappa shape index (κ3) is 2.94. The van der Waals surface area contributed by atoms with E-state index in [-0.39, 0.29) is 5.41 Å². The quantitative estimate of drug-likeness (QED) is 0.819. The standard InChI is InChI=1S/C19H24N4O3/c24-18-19(6-2-8-23(18)11-14-4-5-14)7-9-22(13-19)12-16-20-17(21-26-16)15-3-1-10-25-15/h1,3,10,14H,2,4-9,11-13H2/t19-/m0/s1. The van der Waals surface area contributed by atoms with E-state index in [9.17, 15) is 4.79 Å².